The smallest absolute Gasteiger partial charge is 0.267 e. The number of nitrogens with zero attached hydrogens (tertiary/aromatic N) is 7. The minimum Gasteiger partial charge on any atom is -0.267 e. The minimum atomic E-state index is -0.167. The number of aryl methyl sites for hydroxylation is 3. The Kier molecular flexibility index (Phi) is 4.29. The maximum Gasteiger partial charge on any atom is 0.275 e. The molecule has 132 valence electrons. The molecule has 0 fully saturated rings. The van der Waals surface area contributed by atoms with Gasteiger partial charge in [0, 0.05) is 11.8 Å². The highest BCUT2D eigenvalue weighted by Gasteiger charge is 2.13. The van der Waals surface area contributed by atoms with Crippen LogP contribution in [0.2, 0.25) is 0 Å². The van der Waals surface area contributed by atoms with Gasteiger partial charge in [-0.05, 0) is 54.5 Å². The molecule has 3 aromatic heterocycles. The fraction of sp³-hybridized carbons (Fsp3) is 0.250. The van der Waals surface area contributed by atoms with Crippen LogP contribution in [-0.4, -0.2) is 34.8 Å². The lowest BCUT2D eigenvalue weighted by Crippen LogP contribution is -2.14. The van der Waals surface area contributed by atoms with Crippen LogP contribution in [0.4, 0.5) is 0 Å². The summed E-state index contributed by atoms with van der Waals surface area (Å²) >= 11 is 2.87. The lowest BCUT2D eigenvalue weighted by molar-refractivity contribution is 0.754. The second kappa shape index (κ2) is 6.61. The zero-order chi connectivity index (χ0) is 18.3. The standard InChI is InChI=1S/C16H15N7OS2/c1-9-4-10(2)6-12(5-9)22-16(18-20-21-22)25-8-13-19-23-14(24)7-11(3)17-15(23)26-13/h4-7H,8H2,1-3H3. The van der Waals surface area contributed by atoms with Crippen molar-refractivity contribution in [2.75, 3.05) is 0 Å². The highest BCUT2D eigenvalue weighted by molar-refractivity contribution is 7.98. The van der Waals surface area contributed by atoms with Gasteiger partial charge >= 0.3 is 0 Å². The molecule has 0 N–H and O–H groups in total. The predicted octanol–water partition coefficient (Wildman–Crippen LogP) is 2.34. The normalized spacial score (nSPS) is 11.3. The summed E-state index contributed by atoms with van der Waals surface area (Å²) in [6.07, 6.45) is 0. The zero-order valence-corrected chi connectivity index (χ0v) is 16.0. The maximum atomic E-state index is 12.0. The van der Waals surface area contributed by atoms with E-state index in [0.29, 0.717) is 21.6 Å². The van der Waals surface area contributed by atoms with Crippen LogP contribution in [0, 0.1) is 20.8 Å². The highest BCUT2D eigenvalue weighted by atomic mass is 32.2. The molecule has 0 saturated carbocycles. The monoisotopic (exact) mass is 385 g/mol. The van der Waals surface area contributed by atoms with E-state index in [9.17, 15) is 4.79 Å². The lowest BCUT2D eigenvalue weighted by atomic mass is 10.1. The Morgan fingerprint density at radius 3 is 2.65 bits per heavy atom. The fourth-order valence-corrected chi connectivity index (χ4v) is 4.47. The SMILES string of the molecule is Cc1cc(C)cc(-n2nnnc2SCc2nn3c(=O)cc(C)nc3s2)c1. The molecule has 4 rings (SSSR count). The van der Waals surface area contributed by atoms with Crippen molar-refractivity contribution >= 4 is 28.1 Å². The van der Waals surface area contributed by atoms with Crippen LogP contribution in [0.15, 0.2) is 34.2 Å². The number of hydrogen-bond acceptors (Lipinski definition) is 8. The summed E-state index contributed by atoms with van der Waals surface area (Å²) in [6, 6.07) is 7.66. The quantitative estimate of drug-likeness (QED) is 0.498. The zero-order valence-electron chi connectivity index (χ0n) is 14.4. The van der Waals surface area contributed by atoms with Crippen molar-refractivity contribution in [3.63, 3.8) is 0 Å². The first kappa shape index (κ1) is 16.9. The summed E-state index contributed by atoms with van der Waals surface area (Å²) in [5.41, 5.74) is 3.75. The van der Waals surface area contributed by atoms with E-state index in [2.05, 4.69) is 31.7 Å². The molecule has 3 heterocycles. The van der Waals surface area contributed by atoms with Crippen LogP contribution in [-0.2, 0) is 5.75 Å². The van der Waals surface area contributed by atoms with Crippen molar-refractivity contribution in [2.45, 2.75) is 31.7 Å². The van der Waals surface area contributed by atoms with E-state index < -0.39 is 0 Å². The van der Waals surface area contributed by atoms with Gasteiger partial charge in [-0.2, -0.15) is 14.3 Å². The molecule has 0 radical (unpaired) electrons. The van der Waals surface area contributed by atoms with Crippen molar-refractivity contribution < 1.29 is 0 Å². The molecular weight excluding hydrogens is 370 g/mol. The number of benzene rings is 1. The summed E-state index contributed by atoms with van der Waals surface area (Å²) in [4.78, 5) is 16.9. The van der Waals surface area contributed by atoms with Crippen LogP contribution in [0.3, 0.4) is 0 Å². The minimum absolute atomic E-state index is 0.167. The molecule has 0 unspecified atom stereocenters. The van der Waals surface area contributed by atoms with E-state index in [1.165, 1.54) is 33.7 Å². The molecule has 8 nitrogen and oxygen atoms in total. The van der Waals surface area contributed by atoms with Crippen molar-refractivity contribution in [3.8, 4) is 5.69 Å². The molecule has 4 aromatic rings. The van der Waals surface area contributed by atoms with Crippen molar-refractivity contribution in [1.82, 2.24) is 34.8 Å². The maximum absolute atomic E-state index is 12.0. The summed E-state index contributed by atoms with van der Waals surface area (Å²) < 4.78 is 3.05. The summed E-state index contributed by atoms with van der Waals surface area (Å²) in [7, 11) is 0. The first-order chi connectivity index (χ1) is 12.5. The first-order valence-electron chi connectivity index (χ1n) is 7.86. The van der Waals surface area contributed by atoms with E-state index in [1.807, 2.05) is 26.0 Å². The molecule has 0 spiro atoms. The number of fused-ring (bicyclic) bond motifs is 1. The summed E-state index contributed by atoms with van der Waals surface area (Å²) in [6.45, 7) is 5.89. The van der Waals surface area contributed by atoms with Gasteiger partial charge in [-0.3, -0.25) is 4.79 Å². The fourth-order valence-electron chi connectivity index (χ4n) is 2.65. The van der Waals surface area contributed by atoms with Crippen LogP contribution in [0.25, 0.3) is 10.6 Å². The van der Waals surface area contributed by atoms with Crippen LogP contribution in [0.5, 0.6) is 0 Å². The van der Waals surface area contributed by atoms with Gasteiger partial charge in [0.05, 0.1) is 11.4 Å². The van der Waals surface area contributed by atoms with Crippen molar-refractivity contribution in [2.24, 2.45) is 0 Å². The average molecular weight is 385 g/mol. The summed E-state index contributed by atoms with van der Waals surface area (Å²) in [5.74, 6) is 0.553. The average Bonchev–Trinajstić information content (AvgIpc) is 3.18. The van der Waals surface area contributed by atoms with Gasteiger partial charge in [0.25, 0.3) is 5.56 Å². The molecule has 0 atom stereocenters. The Hall–Kier alpha value is -2.59. The molecular formula is C16H15N7OS2. The van der Waals surface area contributed by atoms with Crippen LogP contribution < -0.4 is 5.56 Å². The van der Waals surface area contributed by atoms with Crippen LogP contribution in [0.1, 0.15) is 21.8 Å². The van der Waals surface area contributed by atoms with Crippen LogP contribution >= 0.6 is 23.1 Å². The van der Waals surface area contributed by atoms with Gasteiger partial charge in [0.15, 0.2) is 0 Å². The largest absolute Gasteiger partial charge is 0.275 e. The van der Waals surface area contributed by atoms with E-state index in [1.54, 1.807) is 11.6 Å². The molecule has 1 aromatic carbocycles. The third-order valence-corrected chi connectivity index (χ3v) is 5.65. The Balaban J connectivity index is 1.61. The van der Waals surface area contributed by atoms with E-state index >= 15 is 0 Å². The van der Waals surface area contributed by atoms with Gasteiger partial charge in [-0.15, -0.1) is 5.10 Å². The third-order valence-electron chi connectivity index (χ3n) is 3.63. The molecule has 0 aliphatic carbocycles. The van der Waals surface area contributed by atoms with Gasteiger partial charge in [0.2, 0.25) is 10.1 Å². The summed E-state index contributed by atoms with van der Waals surface area (Å²) in [5, 5.41) is 17.8. The molecule has 0 bridgehead atoms. The Labute approximate surface area is 156 Å². The molecule has 0 aliphatic rings. The number of hydrogen-bond donors (Lipinski definition) is 0. The lowest BCUT2D eigenvalue weighted by Gasteiger charge is -2.06. The van der Waals surface area contributed by atoms with E-state index in [4.69, 9.17) is 0 Å². The van der Waals surface area contributed by atoms with E-state index in [0.717, 1.165) is 21.8 Å². The Morgan fingerprint density at radius 1 is 1.12 bits per heavy atom. The van der Waals surface area contributed by atoms with Gasteiger partial charge < -0.3 is 0 Å². The number of rotatable bonds is 4. The number of aromatic nitrogens is 7. The molecule has 0 aliphatic heterocycles. The highest BCUT2D eigenvalue weighted by Crippen LogP contribution is 2.25. The van der Waals surface area contributed by atoms with Gasteiger partial charge in [0.1, 0.15) is 5.01 Å². The molecule has 26 heavy (non-hydrogen) atoms. The molecule has 0 saturated heterocycles. The number of thioether (sulfide) groups is 1. The topological polar surface area (TPSA) is 90.9 Å². The van der Waals surface area contributed by atoms with Gasteiger partial charge in [-0.25, -0.2) is 4.98 Å². The third kappa shape index (κ3) is 3.25. The predicted molar refractivity (Wildman–Crippen MR) is 100 cm³/mol. The Bertz CT molecular complexity index is 1140. The Morgan fingerprint density at radius 2 is 1.88 bits per heavy atom. The van der Waals surface area contributed by atoms with Gasteiger partial charge in [-0.1, -0.05) is 29.2 Å². The van der Waals surface area contributed by atoms with Crippen molar-refractivity contribution in [3.05, 3.63) is 56.4 Å². The van der Waals surface area contributed by atoms with E-state index in [-0.39, 0.29) is 5.56 Å². The second-order valence-electron chi connectivity index (χ2n) is 5.93. The molecule has 0 amide bonds. The van der Waals surface area contributed by atoms with Crippen molar-refractivity contribution in [1.29, 1.82) is 0 Å². The first-order valence-corrected chi connectivity index (χ1v) is 9.66. The number of tetrazole rings is 1. The second-order valence-corrected chi connectivity index (χ2v) is 7.92. The molecule has 10 heteroatoms.